The van der Waals surface area contributed by atoms with Crippen LogP contribution in [0.4, 0.5) is 5.69 Å². The zero-order valence-corrected chi connectivity index (χ0v) is 20.3. The van der Waals surface area contributed by atoms with Crippen LogP contribution in [0.1, 0.15) is 0 Å². The molecule has 1 saturated heterocycles. The van der Waals surface area contributed by atoms with Gasteiger partial charge in [-0.1, -0.05) is 48.5 Å². The number of hydrogen-bond donors (Lipinski definition) is 1. The quantitative estimate of drug-likeness (QED) is 0.449. The Labute approximate surface area is 204 Å². The van der Waals surface area contributed by atoms with E-state index in [1.807, 2.05) is 48.5 Å². The zero-order chi connectivity index (χ0) is 24.4. The van der Waals surface area contributed by atoms with Gasteiger partial charge in [-0.05, 0) is 30.3 Å². The summed E-state index contributed by atoms with van der Waals surface area (Å²) in [6.45, 7) is 2.34. The standard InChI is InChI=1S/C26H27N5O3S/c1-29(19-25(32)31-16-14-30(15-17-31)21-10-6-3-7-11-21)35(33,34)22-12-13-23-24(18-22)28-26(27-23)20-8-4-2-5-9-20/h2-13,18H,14-17,19H2,1H3,(H,27,28). The number of likely N-dealkylation sites (N-methyl/N-ethyl adjacent to an activating group) is 1. The molecule has 5 rings (SSSR count). The first-order valence-electron chi connectivity index (χ1n) is 11.5. The SMILES string of the molecule is CN(CC(=O)N1CCN(c2ccccc2)CC1)S(=O)(=O)c1ccc2nc(-c3ccccc3)[nH]c2c1. The molecule has 4 aromatic rings. The molecule has 0 atom stereocenters. The first kappa shape index (κ1) is 23.1. The van der Waals surface area contributed by atoms with Crippen molar-refractivity contribution in [2.24, 2.45) is 0 Å². The number of nitrogens with one attached hydrogen (secondary N) is 1. The van der Waals surface area contributed by atoms with Crippen molar-refractivity contribution in [3.05, 3.63) is 78.9 Å². The van der Waals surface area contributed by atoms with Gasteiger partial charge in [0.1, 0.15) is 5.82 Å². The van der Waals surface area contributed by atoms with Crippen molar-refractivity contribution in [3.8, 4) is 11.4 Å². The highest BCUT2D eigenvalue weighted by atomic mass is 32.2. The monoisotopic (exact) mass is 489 g/mol. The maximum Gasteiger partial charge on any atom is 0.243 e. The fourth-order valence-electron chi connectivity index (χ4n) is 4.29. The van der Waals surface area contributed by atoms with Gasteiger partial charge in [0.25, 0.3) is 0 Å². The van der Waals surface area contributed by atoms with Gasteiger partial charge in [-0.15, -0.1) is 0 Å². The minimum Gasteiger partial charge on any atom is -0.368 e. The van der Waals surface area contributed by atoms with Crippen LogP contribution in [-0.4, -0.2) is 73.3 Å². The molecule has 0 aliphatic carbocycles. The van der Waals surface area contributed by atoms with E-state index in [9.17, 15) is 13.2 Å². The van der Waals surface area contributed by atoms with Crippen molar-refractivity contribution in [3.63, 3.8) is 0 Å². The second kappa shape index (κ2) is 9.52. The van der Waals surface area contributed by atoms with Gasteiger partial charge in [0.05, 0.1) is 22.5 Å². The van der Waals surface area contributed by atoms with Crippen LogP contribution < -0.4 is 4.90 Å². The Hall–Kier alpha value is -3.69. The van der Waals surface area contributed by atoms with E-state index in [-0.39, 0.29) is 17.3 Å². The third-order valence-electron chi connectivity index (χ3n) is 6.32. The highest BCUT2D eigenvalue weighted by Crippen LogP contribution is 2.24. The maximum absolute atomic E-state index is 13.2. The number of para-hydroxylation sites is 1. The Morgan fingerprint density at radius 1 is 0.943 bits per heavy atom. The molecule has 2 heterocycles. The van der Waals surface area contributed by atoms with Crippen LogP contribution >= 0.6 is 0 Å². The largest absolute Gasteiger partial charge is 0.368 e. The third kappa shape index (κ3) is 4.78. The van der Waals surface area contributed by atoms with E-state index in [0.29, 0.717) is 43.0 Å². The summed E-state index contributed by atoms with van der Waals surface area (Å²) < 4.78 is 27.6. The second-order valence-corrected chi connectivity index (χ2v) is 10.6. The Bertz CT molecular complexity index is 1430. The van der Waals surface area contributed by atoms with Crippen molar-refractivity contribution in [1.29, 1.82) is 0 Å². The van der Waals surface area contributed by atoms with Gasteiger partial charge in [0.2, 0.25) is 15.9 Å². The Balaban J connectivity index is 1.26. The van der Waals surface area contributed by atoms with Gasteiger partial charge in [-0.3, -0.25) is 4.79 Å². The zero-order valence-electron chi connectivity index (χ0n) is 19.5. The fourth-order valence-corrected chi connectivity index (χ4v) is 5.44. The molecular formula is C26H27N5O3S. The van der Waals surface area contributed by atoms with Crippen LogP contribution in [0.3, 0.4) is 0 Å². The maximum atomic E-state index is 13.2. The number of sulfonamides is 1. The number of carbonyl (C=O) groups is 1. The molecule has 1 N–H and O–H groups in total. The number of benzene rings is 3. The molecule has 1 amide bonds. The third-order valence-corrected chi connectivity index (χ3v) is 8.12. The molecule has 0 saturated carbocycles. The summed E-state index contributed by atoms with van der Waals surface area (Å²) >= 11 is 0. The lowest BCUT2D eigenvalue weighted by molar-refractivity contribution is -0.131. The predicted molar refractivity (Wildman–Crippen MR) is 137 cm³/mol. The minimum atomic E-state index is -3.85. The number of carbonyl (C=O) groups excluding carboxylic acids is 1. The lowest BCUT2D eigenvalue weighted by atomic mass is 10.2. The first-order chi connectivity index (χ1) is 16.9. The smallest absolute Gasteiger partial charge is 0.243 e. The number of fused-ring (bicyclic) bond motifs is 1. The van der Waals surface area contributed by atoms with Crippen molar-refractivity contribution < 1.29 is 13.2 Å². The van der Waals surface area contributed by atoms with Crippen LogP contribution in [0.15, 0.2) is 83.8 Å². The highest BCUT2D eigenvalue weighted by molar-refractivity contribution is 7.89. The number of aromatic amines is 1. The Kier molecular flexibility index (Phi) is 6.27. The number of piperazine rings is 1. The summed E-state index contributed by atoms with van der Waals surface area (Å²) in [5.41, 5.74) is 3.35. The van der Waals surface area contributed by atoms with Crippen molar-refractivity contribution in [2.45, 2.75) is 4.90 Å². The first-order valence-corrected chi connectivity index (χ1v) is 12.9. The molecule has 1 aliphatic rings. The lowest BCUT2D eigenvalue weighted by Crippen LogP contribution is -2.51. The highest BCUT2D eigenvalue weighted by Gasteiger charge is 2.27. The summed E-state index contributed by atoms with van der Waals surface area (Å²) in [5, 5.41) is 0. The van der Waals surface area contributed by atoms with Gasteiger partial charge in [-0.25, -0.2) is 13.4 Å². The Morgan fingerprint density at radius 3 is 2.29 bits per heavy atom. The summed E-state index contributed by atoms with van der Waals surface area (Å²) in [5.74, 6) is 0.478. The minimum absolute atomic E-state index is 0.123. The molecule has 35 heavy (non-hydrogen) atoms. The number of rotatable bonds is 6. The molecule has 1 fully saturated rings. The van der Waals surface area contributed by atoms with Crippen LogP contribution in [0, 0.1) is 0 Å². The summed E-state index contributed by atoms with van der Waals surface area (Å²) in [6, 6.07) is 24.5. The van der Waals surface area contributed by atoms with E-state index in [1.165, 1.54) is 13.1 Å². The molecule has 0 radical (unpaired) electrons. The fraction of sp³-hybridized carbons (Fsp3) is 0.231. The number of imidazole rings is 1. The number of nitrogens with zero attached hydrogens (tertiary/aromatic N) is 4. The van der Waals surface area contributed by atoms with E-state index >= 15 is 0 Å². The van der Waals surface area contributed by atoms with Crippen LogP contribution in [0.2, 0.25) is 0 Å². The molecule has 0 bridgehead atoms. The van der Waals surface area contributed by atoms with Gasteiger partial charge in [0, 0.05) is 44.5 Å². The van der Waals surface area contributed by atoms with Crippen molar-refractivity contribution in [1.82, 2.24) is 19.2 Å². The van der Waals surface area contributed by atoms with Crippen molar-refractivity contribution >= 4 is 32.7 Å². The molecular weight excluding hydrogens is 462 g/mol. The number of anilines is 1. The lowest BCUT2D eigenvalue weighted by Gasteiger charge is -2.36. The van der Waals surface area contributed by atoms with Gasteiger partial charge < -0.3 is 14.8 Å². The number of aromatic nitrogens is 2. The molecule has 1 aliphatic heterocycles. The van der Waals surface area contributed by atoms with E-state index in [2.05, 4.69) is 27.0 Å². The van der Waals surface area contributed by atoms with Gasteiger partial charge in [0.15, 0.2) is 0 Å². The van der Waals surface area contributed by atoms with E-state index in [0.717, 1.165) is 15.6 Å². The van der Waals surface area contributed by atoms with Crippen LogP contribution in [-0.2, 0) is 14.8 Å². The second-order valence-electron chi connectivity index (χ2n) is 8.59. The average Bonchev–Trinajstić information content (AvgIpc) is 3.33. The van der Waals surface area contributed by atoms with E-state index < -0.39 is 10.0 Å². The number of amides is 1. The molecule has 9 heteroatoms. The van der Waals surface area contributed by atoms with Gasteiger partial charge >= 0.3 is 0 Å². The molecule has 0 unspecified atom stereocenters. The summed E-state index contributed by atoms with van der Waals surface area (Å²) in [6.07, 6.45) is 0. The van der Waals surface area contributed by atoms with Crippen LogP contribution in [0.25, 0.3) is 22.4 Å². The number of hydrogen-bond acceptors (Lipinski definition) is 5. The van der Waals surface area contributed by atoms with Crippen LogP contribution in [0.5, 0.6) is 0 Å². The van der Waals surface area contributed by atoms with Crippen molar-refractivity contribution in [2.75, 3.05) is 44.7 Å². The summed E-state index contributed by atoms with van der Waals surface area (Å²) in [7, 11) is -2.40. The number of H-pyrrole nitrogens is 1. The van der Waals surface area contributed by atoms with Gasteiger partial charge in [-0.2, -0.15) is 4.31 Å². The predicted octanol–water partition coefficient (Wildman–Crippen LogP) is 3.20. The molecule has 3 aromatic carbocycles. The molecule has 180 valence electrons. The average molecular weight is 490 g/mol. The molecule has 1 aromatic heterocycles. The summed E-state index contributed by atoms with van der Waals surface area (Å²) in [4.78, 5) is 24.7. The molecule has 8 nitrogen and oxygen atoms in total. The topological polar surface area (TPSA) is 89.6 Å². The molecule has 0 spiro atoms. The van der Waals surface area contributed by atoms with E-state index in [4.69, 9.17) is 0 Å². The normalized spacial score (nSPS) is 14.6. The Morgan fingerprint density at radius 2 is 1.60 bits per heavy atom. The van der Waals surface area contributed by atoms with E-state index in [1.54, 1.807) is 17.0 Å².